The fraction of sp³-hybridized carbons (Fsp3) is 0.278. The highest BCUT2D eigenvalue weighted by molar-refractivity contribution is 7.92. The van der Waals surface area contributed by atoms with Gasteiger partial charge in [0, 0.05) is 6.92 Å². The fourth-order valence-corrected chi connectivity index (χ4v) is 4.15. The lowest BCUT2D eigenvalue weighted by Gasteiger charge is -2.29. The molecule has 8 heteroatoms. The average Bonchev–Trinajstić information content (AvgIpc) is 2.60. The number of ether oxygens (including phenoxy) is 2. The molecule has 138 valence electrons. The molecule has 1 amide bonds. The van der Waals surface area contributed by atoms with Crippen molar-refractivity contribution < 1.29 is 22.7 Å². The molecule has 1 heterocycles. The Bertz CT molecular complexity index is 956. The van der Waals surface area contributed by atoms with Gasteiger partial charge in [0.2, 0.25) is 5.91 Å². The number of rotatable bonds is 4. The third kappa shape index (κ3) is 3.45. The Morgan fingerprint density at radius 3 is 2.65 bits per heavy atom. The zero-order chi connectivity index (χ0) is 18.9. The van der Waals surface area contributed by atoms with Crippen LogP contribution in [0.1, 0.15) is 12.5 Å². The maximum absolute atomic E-state index is 12.7. The van der Waals surface area contributed by atoms with Crippen molar-refractivity contribution >= 4 is 27.3 Å². The Morgan fingerprint density at radius 1 is 1.23 bits per heavy atom. The Balaban J connectivity index is 1.93. The maximum Gasteiger partial charge on any atom is 0.262 e. The number of carbonyl (C=O) groups excluding carboxylic acids is 1. The van der Waals surface area contributed by atoms with E-state index in [0.29, 0.717) is 41.6 Å². The summed E-state index contributed by atoms with van der Waals surface area (Å²) in [5, 5.41) is 0. The van der Waals surface area contributed by atoms with E-state index in [0.717, 1.165) is 0 Å². The molecule has 1 N–H and O–H groups in total. The van der Waals surface area contributed by atoms with Crippen LogP contribution in [-0.2, 0) is 14.8 Å². The molecule has 26 heavy (non-hydrogen) atoms. The molecule has 0 bridgehead atoms. The summed E-state index contributed by atoms with van der Waals surface area (Å²) in [5.74, 6) is 1.01. The summed E-state index contributed by atoms with van der Waals surface area (Å²) in [6.45, 7) is 4.00. The van der Waals surface area contributed by atoms with Crippen molar-refractivity contribution in [2.75, 3.05) is 29.9 Å². The highest BCUT2D eigenvalue weighted by Gasteiger charge is 2.23. The molecule has 0 unspecified atom stereocenters. The largest absolute Gasteiger partial charge is 0.497 e. The van der Waals surface area contributed by atoms with Crippen LogP contribution in [-0.4, -0.2) is 34.6 Å². The van der Waals surface area contributed by atoms with Gasteiger partial charge in [0.25, 0.3) is 10.0 Å². The Hall–Kier alpha value is -2.74. The summed E-state index contributed by atoms with van der Waals surface area (Å²) < 4.78 is 38.7. The van der Waals surface area contributed by atoms with Gasteiger partial charge < -0.3 is 14.4 Å². The molecular weight excluding hydrogens is 356 g/mol. The molecule has 0 radical (unpaired) electrons. The molecule has 7 nitrogen and oxygen atoms in total. The van der Waals surface area contributed by atoms with E-state index in [1.165, 1.54) is 20.1 Å². The SMILES string of the molecule is COc1ccc(S(=O)(=O)Nc2ccc3c(c2)N(C(C)=O)CCO3)c(C)c1. The summed E-state index contributed by atoms with van der Waals surface area (Å²) in [6, 6.07) is 9.63. The number of nitrogens with zero attached hydrogens (tertiary/aromatic N) is 1. The van der Waals surface area contributed by atoms with Gasteiger partial charge in [0.15, 0.2) is 0 Å². The van der Waals surface area contributed by atoms with Gasteiger partial charge in [-0.05, 0) is 48.9 Å². The molecule has 2 aromatic rings. The molecule has 0 aromatic heterocycles. The minimum Gasteiger partial charge on any atom is -0.497 e. The fourth-order valence-electron chi connectivity index (χ4n) is 2.87. The minimum atomic E-state index is -3.78. The lowest BCUT2D eigenvalue weighted by atomic mass is 10.2. The third-order valence-corrected chi connectivity index (χ3v) is 5.67. The summed E-state index contributed by atoms with van der Waals surface area (Å²) in [6.07, 6.45) is 0. The van der Waals surface area contributed by atoms with Crippen molar-refractivity contribution in [3.63, 3.8) is 0 Å². The number of hydrogen-bond donors (Lipinski definition) is 1. The van der Waals surface area contributed by atoms with Crippen LogP contribution in [0.15, 0.2) is 41.3 Å². The van der Waals surface area contributed by atoms with Crippen LogP contribution in [0.3, 0.4) is 0 Å². The number of amides is 1. The van der Waals surface area contributed by atoms with Gasteiger partial charge in [-0.25, -0.2) is 8.42 Å². The molecule has 0 saturated carbocycles. The number of anilines is 2. The number of carbonyl (C=O) groups is 1. The number of methoxy groups -OCH3 is 1. The molecule has 0 aliphatic carbocycles. The first-order valence-corrected chi connectivity index (χ1v) is 9.52. The maximum atomic E-state index is 12.7. The molecule has 2 aromatic carbocycles. The van der Waals surface area contributed by atoms with Crippen LogP contribution in [0.4, 0.5) is 11.4 Å². The number of nitrogens with one attached hydrogen (secondary N) is 1. The van der Waals surface area contributed by atoms with Crippen molar-refractivity contribution in [3.05, 3.63) is 42.0 Å². The normalized spacial score (nSPS) is 13.6. The van der Waals surface area contributed by atoms with E-state index in [9.17, 15) is 13.2 Å². The second kappa shape index (κ2) is 6.87. The van der Waals surface area contributed by atoms with Crippen molar-refractivity contribution in [1.82, 2.24) is 0 Å². The van der Waals surface area contributed by atoms with Gasteiger partial charge >= 0.3 is 0 Å². The lowest BCUT2D eigenvalue weighted by Crippen LogP contribution is -2.36. The van der Waals surface area contributed by atoms with Crippen LogP contribution in [0, 0.1) is 6.92 Å². The first-order valence-electron chi connectivity index (χ1n) is 8.04. The van der Waals surface area contributed by atoms with Crippen molar-refractivity contribution in [2.24, 2.45) is 0 Å². The quantitative estimate of drug-likeness (QED) is 0.886. The van der Waals surface area contributed by atoms with Crippen LogP contribution < -0.4 is 19.1 Å². The predicted octanol–water partition coefficient (Wildman–Crippen LogP) is 2.55. The molecule has 0 spiro atoms. The van der Waals surface area contributed by atoms with Gasteiger partial charge in [-0.15, -0.1) is 0 Å². The van der Waals surface area contributed by atoms with Gasteiger partial charge in [0.1, 0.15) is 18.1 Å². The number of hydrogen-bond acceptors (Lipinski definition) is 5. The second-order valence-corrected chi connectivity index (χ2v) is 7.59. The first kappa shape index (κ1) is 18.1. The molecule has 0 saturated heterocycles. The van der Waals surface area contributed by atoms with E-state index in [1.54, 1.807) is 42.2 Å². The lowest BCUT2D eigenvalue weighted by molar-refractivity contribution is -0.116. The smallest absolute Gasteiger partial charge is 0.262 e. The first-order chi connectivity index (χ1) is 12.3. The van der Waals surface area contributed by atoms with Crippen molar-refractivity contribution in [3.8, 4) is 11.5 Å². The highest BCUT2D eigenvalue weighted by Crippen LogP contribution is 2.35. The average molecular weight is 376 g/mol. The van der Waals surface area contributed by atoms with Crippen LogP contribution in [0.5, 0.6) is 11.5 Å². The van der Waals surface area contributed by atoms with Crippen LogP contribution in [0.25, 0.3) is 0 Å². The molecule has 1 aliphatic heterocycles. The summed E-state index contributed by atoms with van der Waals surface area (Å²) in [4.78, 5) is 13.5. The van der Waals surface area contributed by atoms with Gasteiger partial charge in [-0.2, -0.15) is 0 Å². The van der Waals surface area contributed by atoms with E-state index in [2.05, 4.69) is 4.72 Å². The second-order valence-electron chi connectivity index (χ2n) is 5.94. The van der Waals surface area contributed by atoms with Gasteiger partial charge in [-0.1, -0.05) is 0 Å². The van der Waals surface area contributed by atoms with E-state index < -0.39 is 10.0 Å². The Kier molecular flexibility index (Phi) is 4.78. The molecule has 1 aliphatic rings. The zero-order valence-corrected chi connectivity index (χ0v) is 15.6. The molecular formula is C18H20N2O5S. The minimum absolute atomic E-state index is 0.124. The Labute approximate surface area is 152 Å². The standard InChI is InChI=1S/C18H20N2O5S/c1-12-10-15(24-3)5-7-18(12)26(22,23)19-14-4-6-17-16(11-14)20(13(2)21)8-9-25-17/h4-7,10-11,19H,8-9H2,1-3H3. The summed E-state index contributed by atoms with van der Waals surface area (Å²) >= 11 is 0. The Morgan fingerprint density at radius 2 is 2.00 bits per heavy atom. The monoisotopic (exact) mass is 376 g/mol. The van der Waals surface area contributed by atoms with Crippen LogP contribution >= 0.6 is 0 Å². The summed E-state index contributed by atoms with van der Waals surface area (Å²) in [7, 11) is -2.26. The topological polar surface area (TPSA) is 84.9 Å². The van der Waals surface area contributed by atoms with Crippen molar-refractivity contribution in [2.45, 2.75) is 18.7 Å². The number of fused-ring (bicyclic) bond motifs is 1. The molecule has 0 fully saturated rings. The van der Waals surface area contributed by atoms with E-state index in [-0.39, 0.29) is 10.8 Å². The predicted molar refractivity (Wildman–Crippen MR) is 98.5 cm³/mol. The third-order valence-electron chi connectivity index (χ3n) is 4.13. The van der Waals surface area contributed by atoms with Crippen molar-refractivity contribution in [1.29, 1.82) is 0 Å². The van der Waals surface area contributed by atoms with E-state index in [4.69, 9.17) is 9.47 Å². The number of aryl methyl sites for hydroxylation is 1. The van der Waals surface area contributed by atoms with Gasteiger partial charge in [-0.3, -0.25) is 9.52 Å². The van der Waals surface area contributed by atoms with Crippen LogP contribution in [0.2, 0.25) is 0 Å². The van der Waals surface area contributed by atoms with E-state index >= 15 is 0 Å². The number of sulfonamides is 1. The summed E-state index contributed by atoms with van der Waals surface area (Å²) in [5.41, 5.74) is 1.48. The van der Waals surface area contributed by atoms with Gasteiger partial charge in [0.05, 0.1) is 29.9 Å². The molecule has 3 rings (SSSR count). The zero-order valence-electron chi connectivity index (χ0n) is 14.8. The van der Waals surface area contributed by atoms with E-state index in [1.807, 2.05) is 0 Å². The highest BCUT2D eigenvalue weighted by atomic mass is 32.2. The number of benzene rings is 2. The molecule has 0 atom stereocenters.